The van der Waals surface area contributed by atoms with Crippen LogP contribution in [0.25, 0.3) is 0 Å². The Bertz CT molecular complexity index is 770. The van der Waals surface area contributed by atoms with Crippen molar-refractivity contribution in [2.75, 3.05) is 44.3 Å². The molecule has 6 heteroatoms. The molecule has 0 aromatic heterocycles. The van der Waals surface area contributed by atoms with Crippen LogP contribution in [0.5, 0.6) is 0 Å². The van der Waals surface area contributed by atoms with Crippen molar-refractivity contribution in [3.05, 3.63) is 59.7 Å². The first-order chi connectivity index (χ1) is 13.0. The molecule has 0 saturated heterocycles. The molecule has 0 atom stereocenters. The van der Waals surface area contributed by atoms with Gasteiger partial charge in [-0.05, 0) is 49.5 Å². The van der Waals surface area contributed by atoms with Crippen molar-refractivity contribution in [3.8, 4) is 0 Å². The first-order valence-electron chi connectivity index (χ1n) is 9.20. The molecule has 2 aromatic carbocycles. The molecular weight excluding hydrogens is 340 g/mol. The summed E-state index contributed by atoms with van der Waals surface area (Å²) in [6.07, 6.45) is 0. The van der Waals surface area contributed by atoms with Crippen LogP contribution in [0.3, 0.4) is 0 Å². The van der Waals surface area contributed by atoms with Crippen LogP contribution in [-0.4, -0.2) is 54.8 Å². The monoisotopic (exact) mass is 368 g/mol. The van der Waals surface area contributed by atoms with Crippen molar-refractivity contribution >= 4 is 23.2 Å². The number of nitrogen functional groups attached to an aromatic ring is 1. The number of nitrogens with one attached hydrogen (secondary N) is 1. The van der Waals surface area contributed by atoms with Crippen LogP contribution in [0.1, 0.15) is 34.6 Å². The zero-order valence-electron chi connectivity index (χ0n) is 16.2. The Labute approximate surface area is 161 Å². The molecule has 0 spiro atoms. The molecule has 3 N–H and O–H groups in total. The number of nitrogens with two attached hydrogens (primary N) is 1. The predicted octanol–water partition coefficient (Wildman–Crippen LogP) is 2.93. The number of para-hydroxylation sites is 2. The van der Waals surface area contributed by atoms with Gasteiger partial charge in [0.25, 0.3) is 11.8 Å². The summed E-state index contributed by atoms with van der Waals surface area (Å²) in [6.45, 7) is 7.66. The Morgan fingerprint density at radius 3 is 2.11 bits per heavy atom. The second-order valence-corrected chi connectivity index (χ2v) is 6.37. The number of rotatable bonds is 8. The maximum atomic E-state index is 12.5. The summed E-state index contributed by atoms with van der Waals surface area (Å²) in [5.74, 6) is -0.316. The number of hydrogen-bond acceptors (Lipinski definition) is 4. The number of amides is 2. The molecule has 2 rings (SSSR count). The number of carbonyl (C=O) groups is 2. The minimum Gasteiger partial charge on any atom is -0.397 e. The van der Waals surface area contributed by atoms with Crippen molar-refractivity contribution in [3.63, 3.8) is 0 Å². The Hall–Kier alpha value is -2.86. The lowest BCUT2D eigenvalue weighted by atomic mass is 10.1. The zero-order chi connectivity index (χ0) is 19.8. The molecule has 6 nitrogen and oxygen atoms in total. The topological polar surface area (TPSA) is 78.7 Å². The first-order valence-corrected chi connectivity index (χ1v) is 9.20. The Morgan fingerprint density at radius 1 is 0.926 bits per heavy atom. The van der Waals surface area contributed by atoms with Crippen molar-refractivity contribution in [2.45, 2.75) is 13.8 Å². The summed E-state index contributed by atoms with van der Waals surface area (Å²) in [5, 5.41) is 2.78. The quantitative estimate of drug-likeness (QED) is 0.702. The molecular formula is C21H28N4O2. The van der Waals surface area contributed by atoms with Gasteiger partial charge in [0, 0.05) is 31.3 Å². The van der Waals surface area contributed by atoms with Gasteiger partial charge in [0.2, 0.25) is 0 Å². The summed E-state index contributed by atoms with van der Waals surface area (Å²) in [7, 11) is 1.80. The van der Waals surface area contributed by atoms with Crippen molar-refractivity contribution in [2.24, 2.45) is 0 Å². The van der Waals surface area contributed by atoms with Crippen molar-refractivity contribution in [1.82, 2.24) is 9.80 Å². The summed E-state index contributed by atoms with van der Waals surface area (Å²) in [4.78, 5) is 28.9. The van der Waals surface area contributed by atoms with Crippen LogP contribution in [0.2, 0.25) is 0 Å². The molecule has 0 fully saturated rings. The number of likely N-dealkylation sites (N-methyl/N-ethyl adjacent to an activating group) is 2. The summed E-state index contributed by atoms with van der Waals surface area (Å²) in [5.41, 5.74) is 7.96. The van der Waals surface area contributed by atoms with E-state index in [9.17, 15) is 9.59 Å². The van der Waals surface area contributed by atoms with Gasteiger partial charge in [-0.3, -0.25) is 9.59 Å². The molecule has 0 aliphatic carbocycles. The fourth-order valence-corrected chi connectivity index (χ4v) is 2.72. The van der Waals surface area contributed by atoms with E-state index in [1.807, 2.05) is 12.1 Å². The second kappa shape index (κ2) is 9.73. The van der Waals surface area contributed by atoms with Crippen LogP contribution in [0.4, 0.5) is 11.4 Å². The molecule has 0 unspecified atom stereocenters. The minimum absolute atomic E-state index is 0.0542. The fraction of sp³-hybridized carbons (Fsp3) is 0.333. The van der Waals surface area contributed by atoms with Crippen LogP contribution in [-0.2, 0) is 0 Å². The fourth-order valence-electron chi connectivity index (χ4n) is 2.72. The van der Waals surface area contributed by atoms with Gasteiger partial charge >= 0.3 is 0 Å². The van der Waals surface area contributed by atoms with E-state index >= 15 is 0 Å². The lowest BCUT2D eigenvalue weighted by molar-refractivity contribution is 0.0779. The average Bonchev–Trinajstić information content (AvgIpc) is 2.69. The number of carbonyl (C=O) groups excluding carboxylic acids is 2. The smallest absolute Gasteiger partial charge is 0.255 e. The third-order valence-electron chi connectivity index (χ3n) is 4.60. The Kier molecular flexibility index (Phi) is 7.37. The third-order valence-corrected chi connectivity index (χ3v) is 4.60. The van der Waals surface area contributed by atoms with Gasteiger partial charge in [-0.25, -0.2) is 0 Å². The molecule has 0 heterocycles. The summed E-state index contributed by atoms with van der Waals surface area (Å²) >= 11 is 0. The van der Waals surface area contributed by atoms with Crippen LogP contribution in [0, 0.1) is 0 Å². The minimum atomic E-state index is -0.262. The highest BCUT2D eigenvalue weighted by atomic mass is 16.2. The van der Waals surface area contributed by atoms with Crippen LogP contribution >= 0.6 is 0 Å². The largest absolute Gasteiger partial charge is 0.397 e. The van der Waals surface area contributed by atoms with E-state index < -0.39 is 0 Å². The first kappa shape index (κ1) is 20.5. The van der Waals surface area contributed by atoms with E-state index in [2.05, 4.69) is 24.1 Å². The molecule has 0 bridgehead atoms. The SMILES string of the molecule is CCN(CC)CCN(C)C(=O)c1ccc(C(=O)Nc2ccccc2N)cc1. The maximum Gasteiger partial charge on any atom is 0.255 e. The van der Waals surface area contributed by atoms with Gasteiger partial charge in [-0.1, -0.05) is 26.0 Å². The molecule has 27 heavy (non-hydrogen) atoms. The Balaban J connectivity index is 1.98. The normalized spacial score (nSPS) is 10.7. The molecule has 0 aliphatic heterocycles. The number of benzene rings is 2. The van der Waals surface area contributed by atoms with E-state index in [0.717, 1.165) is 19.6 Å². The van der Waals surface area contributed by atoms with E-state index in [4.69, 9.17) is 5.73 Å². The van der Waals surface area contributed by atoms with Crippen molar-refractivity contribution in [1.29, 1.82) is 0 Å². The van der Waals surface area contributed by atoms with Gasteiger partial charge in [0.05, 0.1) is 11.4 Å². The van der Waals surface area contributed by atoms with E-state index in [1.54, 1.807) is 48.3 Å². The highest BCUT2D eigenvalue weighted by molar-refractivity contribution is 6.06. The third kappa shape index (κ3) is 5.56. The van der Waals surface area contributed by atoms with Crippen LogP contribution < -0.4 is 11.1 Å². The van der Waals surface area contributed by atoms with Crippen LogP contribution in [0.15, 0.2) is 48.5 Å². The number of hydrogen-bond donors (Lipinski definition) is 2. The molecule has 2 amide bonds. The molecule has 0 radical (unpaired) electrons. The zero-order valence-corrected chi connectivity index (χ0v) is 16.2. The number of nitrogens with zero attached hydrogens (tertiary/aromatic N) is 2. The number of anilines is 2. The van der Waals surface area contributed by atoms with E-state index in [1.165, 1.54) is 0 Å². The molecule has 0 aliphatic rings. The van der Waals surface area contributed by atoms with E-state index in [0.29, 0.717) is 29.0 Å². The predicted molar refractivity (Wildman–Crippen MR) is 110 cm³/mol. The lowest BCUT2D eigenvalue weighted by Crippen LogP contribution is -2.36. The molecule has 144 valence electrons. The maximum absolute atomic E-state index is 12.5. The van der Waals surface area contributed by atoms with E-state index in [-0.39, 0.29) is 11.8 Å². The highest BCUT2D eigenvalue weighted by Gasteiger charge is 2.14. The lowest BCUT2D eigenvalue weighted by Gasteiger charge is -2.23. The molecule has 2 aromatic rings. The van der Waals surface area contributed by atoms with Gasteiger partial charge in [0.15, 0.2) is 0 Å². The Morgan fingerprint density at radius 2 is 1.52 bits per heavy atom. The second-order valence-electron chi connectivity index (χ2n) is 6.37. The van der Waals surface area contributed by atoms with Gasteiger partial charge in [0.1, 0.15) is 0 Å². The summed E-state index contributed by atoms with van der Waals surface area (Å²) < 4.78 is 0. The molecule has 0 saturated carbocycles. The highest BCUT2D eigenvalue weighted by Crippen LogP contribution is 2.18. The van der Waals surface area contributed by atoms with Gasteiger partial charge in [-0.2, -0.15) is 0 Å². The standard InChI is InChI=1S/C21H28N4O2/c1-4-25(5-2)15-14-24(3)21(27)17-12-10-16(11-13-17)20(26)23-19-9-7-6-8-18(19)22/h6-13H,4-5,14-15,22H2,1-3H3,(H,23,26). The summed E-state index contributed by atoms with van der Waals surface area (Å²) in [6, 6.07) is 13.8. The van der Waals surface area contributed by atoms with Gasteiger partial charge in [-0.15, -0.1) is 0 Å². The van der Waals surface area contributed by atoms with Crippen molar-refractivity contribution < 1.29 is 9.59 Å². The van der Waals surface area contributed by atoms with Gasteiger partial charge < -0.3 is 20.9 Å². The average molecular weight is 368 g/mol.